The number of benzene rings is 9. The summed E-state index contributed by atoms with van der Waals surface area (Å²) in [5.74, 6) is 1.55. The lowest BCUT2D eigenvalue weighted by molar-refractivity contribution is 0.297. The van der Waals surface area contributed by atoms with E-state index in [1.54, 1.807) is 0 Å². The molecule has 12 rings (SSSR count). The summed E-state index contributed by atoms with van der Waals surface area (Å²) < 4.78 is 13.5. The zero-order valence-electron chi connectivity index (χ0n) is 48.7. The van der Waals surface area contributed by atoms with Gasteiger partial charge >= 0.3 is 0 Å². The Kier molecular flexibility index (Phi) is 12.7. The Balaban J connectivity index is 1.18. The van der Waals surface area contributed by atoms with E-state index in [4.69, 9.17) is 9.47 Å². The first kappa shape index (κ1) is 52.0. The van der Waals surface area contributed by atoms with Crippen LogP contribution < -0.4 is 35.7 Å². The predicted molar refractivity (Wildman–Crippen MR) is 337 cm³/mol. The highest BCUT2D eigenvalue weighted by Gasteiger charge is 2.45. The minimum absolute atomic E-state index is 0.0306. The fourth-order valence-corrected chi connectivity index (χ4v) is 12.2. The van der Waals surface area contributed by atoms with Crippen molar-refractivity contribution in [1.29, 1.82) is 0 Å². The van der Waals surface area contributed by atoms with Gasteiger partial charge in [-0.25, -0.2) is 0 Å². The second-order valence-corrected chi connectivity index (χ2v) is 26.6. The molecule has 9 aromatic carbocycles. The molecule has 0 saturated heterocycles. The monoisotopic (exact) mass is 1030 g/mol. The summed E-state index contributed by atoms with van der Waals surface area (Å²) in [5.41, 5.74) is 26.3. The number of rotatable bonds is 6. The zero-order valence-corrected chi connectivity index (χ0v) is 48.7. The molecule has 3 aliphatic heterocycles. The van der Waals surface area contributed by atoms with E-state index >= 15 is 0 Å². The highest BCUT2D eigenvalue weighted by Crippen LogP contribution is 2.54. The molecule has 0 unspecified atom stereocenters. The van der Waals surface area contributed by atoms with Gasteiger partial charge in [0.15, 0.2) is 11.5 Å². The normalized spacial score (nSPS) is 14.1. The highest BCUT2D eigenvalue weighted by molar-refractivity contribution is 7.00. The first-order chi connectivity index (χ1) is 37.6. The van der Waals surface area contributed by atoms with Gasteiger partial charge in [-0.05, 0) is 166 Å². The molecule has 3 heterocycles. The molecule has 0 bridgehead atoms. The van der Waals surface area contributed by atoms with E-state index in [1.807, 2.05) is 0 Å². The van der Waals surface area contributed by atoms with Crippen LogP contribution in [-0.2, 0) is 21.7 Å². The van der Waals surface area contributed by atoms with Crippen molar-refractivity contribution in [3.05, 3.63) is 210 Å². The van der Waals surface area contributed by atoms with Crippen molar-refractivity contribution in [3.8, 4) is 56.0 Å². The Morgan fingerprint density at radius 3 is 1.44 bits per heavy atom. The predicted octanol–water partition coefficient (Wildman–Crippen LogP) is 18.1. The highest BCUT2D eigenvalue weighted by atomic mass is 16.5. The molecule has 3 aliphatic rings. The lowest BCUT2D eigenvalue weighted by atomic mass is 9.33. The number of fused-ring (bicyclic) bond motifs is 5. The molecule has 0 N–H and O–H groups in total. The number of ether oxygens (including phenoxy) is 2. The summed E-state index contributed by atoms with van der Waals surface area (Å²) in [5, 5.41) is 0. The SMILES string of the molecule is Cc1cc2c3c(c1)N(c1c(-c4ccccc4)ccc4c1OCCCO4)c1ccc(C(C)(C)C)cc1B3c1ccc(-c3ccc(C(C)(C)C)cc3)cc1N2c1cc(-c2ccc(C(C)(C)C)cc2)cc(-c2ccc(C(C)(C)C)cc2)c1. The Hall–Kier alpha value is -7.76. The molecular formula is C74H75BN2O2. The van der Waals surface area contributed by atoms with E-state index in [0.29, 0.717) is 13.2 Å². The van der Waals surface area contributed by atoms with E-state index < -0.39 is 0 Å². The van der Waals surface area contributed by atoms with Crippen LogP contribution in [0.3, 0.4) is 0 Å². The van der Waals surface area contributed by atoms with Crippen molar-refractivity contribution < 1.29 is 9.47 Å². The van der Waals surface area contributed by atoms with Gasteiger partial charge in [-0.2, -0.15) is 0 Å². The molecule has 5 heteroatoms. The molecule has 0 radical (unpaired) electrons. The van der Waals surface area contributed by atoms with Gasteiger partial charge in [0, 0.05) is 40.4 Å². The van der Waals surface area contributed by atoms with E-state index in [-0.39, 0.29) is 28.4 Å². The Bertz CT molecular complexity index is 3710. The van der Waals surface area contributed by atoms with Crippen LogP contribution in [0.2, 0.25) is 0 Å². The average molecular weight is 1040 g/mol. The van der Waals surface area contributed by atoms with Crippen LogP contribution in [-0.4, -0.2) is 19.9 Å². The molecule has 0 amide bonds. The van der Waals surface area contributed by atoms with E-state index in [9.17, 15) is 0 Å². The van der Waals surface area contributed by atoms with Crippen molar-refractivity contribution in [3.63, 3.8) is 0 Å². The van der Waals surface area contributed by atoms with Gasteiger partial charge in [-0.15, -0.1) is 0 Å². The summed E-state index contributed by atoms with van der Waals surface area (Å²) in [4.78, 5) is 5.13. The summed E-state index contributed by atoms with van der Waals surface area (Å²) in [6, 6.07) is 69.6. The second-order valence-electron chi connectivity index (χ2n) is 26.6. The fourth-order valence-electron chi connectivity index (χ4n) is 12.2. The van der Waals surface area contributed by atoms with Gasteiger partial charge in [0.1, 0.15) is 5.69 Å². The van der Waals surface area contributed by atoms with Crippen molar-refractivity contribution in [2.24, 2.45) is 0 Å². The number of hydrogen-bond acceptors (Lipinski definition) is 4. The standard InChI is InChI=1S/C74H75BN2O2/c1-47-40-65-68-66(41-47)77(69-60(51-18-15-14-16-19-51)34-37-67-70(69)79-39-17-38-78-67)63-36-33-58(74(11,12)13)46-62(63)75(68)61-35-26-52(48-20-27-55(28-21-48)71(2,3)4)45-64(61)76(65)59-43-53(49-22-29-56(30-23-49)72(5,6)7)42-54(44-59)50-24-31-57(32-25-50)73(8,9)10/h14-16,18-37,40-46H,17,38-39H2,1-13H3. The number of anilines is 6. The third kappa shape index (κ3) is 9.53. The number of nitrogens with zero attached hydrogens (tertiary/aromatic N) is 2. The van der Waals surface area contributed by atoms with Gasteiger partial charge in [0.2, 0.25) is 0 Å². The Morgan fingerprint density at radius 2 is 0.886 bits per heavy atom. The van der Waals surface area contributed by atoms with Crippen molar-refractivity contribution in [1.82, 2.24) is 0 Å². The van der Waals surface area contributed by atoms with Crippen molar-refractivity contribution in [2.45, 2.75) is 118 Å². The molecule has 0 spiro atoms. The van der Waals surface area contributed by atoms with Crippen molar-refractivity contribution >= 4 is 57.2 Å². The van der Waals surface area contributed by atoms with Crippen LogP contribution in [0.1, 0.15) is 117 Å². The largest absolute Gasteiger partial charge is 0.489 e. The maximum absolute atomic E-state index is 6.94. The van der Waals surface area contributed by atoms with Crippen molar-refractivity contribution in [2.75, 3.05) is 23.0 Å². The molecule has 0 aromatic heterocycles. The Morgan fingerprint density at radius 1 is 0.380 bits per heavy atom. The van der Waals surface area contributed by atoms with Gasteiger partial charge in [0.25, 0.3) is 6.71 Å². The number of aryl methyl sites for hydroxylation is 1. The van der Waals surface area contributed by atoms with Crippen LogP contribution in [0.4, 0.5) is 34.1 Å². The first-order valence-electron chi connectivity index (χ1n) is 28.6. The van der Waals surface area contributed by atoms with Gasteiger partial charge in [0.05, 0.1) is 13.2 Å². The fraction of sp³-hybridized carbons (Fsp3) is 0.270. The summed E-state index contributed by atoms with van der Waals surface area (Å²) in [6.07, 6.45) is 0.805. The molecule has 79 heavy (non-hydrogen) atoms. The average Bonchev–Trinajstić information content (AvgIpc) is 2.59. The van der Waals surface area contributed by atoms with Crippen LogP contribution in [0.15, 0.2) is 182 Å². The lowest BCUT2D eigenvalue weighted by Gasteiger charge is -2.45. The molecule has 0 aliphatic carbocycles. The van der Waals surface area contributed by atoms with Gasteiger partial charge in [-0.3, -0.25) is 0 Å². The van der Waals surface area contributed by atoms with Crippen LogP contribution in [0.5, 0.6) is 11.5 Å². The summed E-state index contributed by atoms with van der Waals surface area (Å²) in [7, 11) is 0. The molecule has 0 atom stereocenters. The van der Waals surface area contributed by atoms with Crippen LogP contribution in [0, 0.1) is 6.92 Å². The molecule has 0 saturated carbocycles. The smallest absolute Gasteiger partial charge is 0.252 e. The van der Waals surface area contributed by atoms with E-state index in [0.717, 1.165) is 51.8 Å². The number of hydrogen-bond donors (Lipinski definition) is 0. The lowest BCUT2D eigenvalue weighted by Crippen LogP contribution is -2.61. The molecule has 9 aromatic rings. The van der Waals surface area contributed by atoms with Crippen LogP contribution >= 0.6 is 0 Å². The minimum atomic E-state index is -0.105. The maximum Gasteiger partial charge on any atom is 0.252 e. The molecule has 396 valence electrons. The summed E-state index contributed by atoms with van der Waals surface area (Å²) >= 11 is 0. The minimum Gasteiger partial charge on any atom is -0.489 e. The first-order valence-corrected chi connectivity index (χ1v) is 28.6. The maximum atomic E-state index is 6.94. The third-order valence-electron chi connectivity index (χ3n) is 16.7. The quantitative estimate of drug-likeness (QED) is 0.155. The third-order valence-corrected chi connectivity index (χ3v) is 16.7. The van der Waals surface area contributed by atoms with Gasteiger partial charge in [-0.1, -0.05) is 210 Å². The molecule has 0 fully saturated rings. The zero-order chi connectivity index (χ0) is 55.3. The van der Waals surface area contributed by atoms with Crippen LogP contribution in [0.25, 0.3) is 44.5 Å². The Labute approximate surface area is 471 Å². The molecular weight excluding hydrogens is 960 g/mol. The van der Waals surface area contributed by atoms with E-state index in [1.165, 1.54) is 89.0 Å². The molecule has 4 nitrogen and oxygen atoms in total. The topological polar surface area (TPSA) is 24.9 Å². The van der Waals surface area contributed by atoms with Gasteiger partial charge < -0.3 is 19.3 Å². The summed E-state index contributed by atoms with van der Waals surface area (Å²) in [6.45, 7) is 30.9. The second kappa shape index (κ2) is 19.3. The van der Waals surface area contributed by atoms with E-state index in [2.05, 4.69) is 282 Å².